The molecule has 2 aromatic rings. The molecule has 0 atom stereocenters. The summed E-state index contributed by atoms with van der Waals surface area (Å²) in [7, 11) is 0. The maximum atomic E-state index is 11.0. The topological polar surface area (TPSA) is 97.4 Å². The Hall–Kier alpha value is -2.64. The van der Waals surface area contributed by atoms with Gasteiger partial charge in [0.1, 0.15) is 0 Å². The third-order valence-corrected chi connectivity index (χ3v) is 1.96. The van der Waals surface area contributed by atoms with Crippen molar-refractivity contribution in [3.63, 3.8) is 0 Å². The number of aromatic amines is 2. The molecule has 0 amide bonds. The number of hydrogen-bond donors (Lipinski definition) is 2. The monoisotopic (exact) mass is 213 g/mol. The summed E-state index contributed by atoms with van der Waals surface area (Å²) in [4.78, 5) is 18.9. The zero-order valence-electron chi connectivity index (χ0n) is 8.19. The molecule has 6 heteroatoms. The Balaban J connectivity index is 2.34. The molecule has 0 radical (unpaired) electrons. The van der Waals surface area contributed by atoms with Crippen LogP contribution in [-0.4, -0.2) is 16.5 Å². The lowest BCUT2D eigenvalue weighted by Gasteiger charge is -1.90. The van der Waals surface area contributed by atoms with Crippen molar-refractivity contribution in [1.29, 1.82) is 0 Å². The molecule has 0 unspecified atom stereocenters. The second-order valence-corrected chi connectivity index (χ2v) is 3.03. The highest BCUT2D eigenvalue weighted by Gasteiger charge is 1.97. The van der Waals surface area contributed by atoms with Crippen LogP contribution in [0.3, 0.4) is 0 Å². The van der Waals surface area contributed by atoms with Crippen LogP contribution >= 0.6 is 0 Å². The number of imidazole rings is 1. The summed E-state index contributed by atoms with van der Waals surface area (Å²) >= 11 is 0. The minimum atomic E-state index is -0.241. The molecule has 1 aromatic carbocycles. The predicted octanol–water partition coefficient (Wildman–Crippen LogP) is 1.52. The Morgan fingerprint density at radius 1 is 1.38 bits per heavy atom. The van der Waals surface area contributed by atoms with Crippen LogP contribution in [0.15, 0.2) is 28.1 Å². The number of azide groups is 1. The lowest BCUT2D eigenvalue weighted by Crippen LogP contribution is -1.99. The molecule has 1 aromatic heterocycles. The van der Waals surface area contributed by atoms with E-state index in [-0.39, 0.29) is 12.2 Å². The summed E-state index contributed by atoms with van der Waals surface area (Å²) in [5, 5.41) is 3.30. The van der Waals surface area contributed by atoms with Crippen molar-refractivity contribution in [1.82, 2.24) is 9.97 Å². The normalized spacial score (nSPS) is 9.25. The molecular weight excluding hydrogens is 206 g/mol. The van der Waals surface area contributed by atoms with E-state index in [4.69, 9.17) is 5.53 Å². The summed E-state index contributed by atoms with van der Waals surface area (Å²) in [6.07, 6.45) is 0. The van der Waals surface area contributed by atoms with Gasteiger partial charge >= 0.3 is 5.69 Å². The fraction of sp³-hybridized carbons (Fsp3) is 0.100. The highest BCUT2D eigenvalue weighted by Crippen LogP contribution is 2.08. The first kappa shape index (κ1) is 9.90. The molecule has 0 aliphatic carbocycles. The number of rotatable bonds is 1. The Bertz CT molecular complexity index is 678. The number of fused-ring (bicyclic) bond motifs is 1. The number of H-pyrrole nitrogens is 2. The highest BCUT2D eigenvalue weighted by molar-refractivity contribution is 5.76. The summed E-state index contributed by atoms with van der Waals surface area (Å²) in [5.74, 6) is 5.53. The molecule has 0 aliphatic rings. The number of nitrogens with one attached hydrogen (secondary N) is 2. The first-order chi connectivity index (χ1) is 7.79. The summed E-state index contributed by atoms with van der Waals surface area (Å²) in [6, 6.07) is 5.32. The second kappa shape index (κ2) is 4.26. The molecule has 0 bridgehead atoms. The van der Waals surface area contributed by atoms with E-state index in [1.54, 1.807) is 18.2 Å². The molecule has 0 saturated heterocycles. The summed E-state index contributed by atoms with van der Waals surface area (Å²) < 4.78 is 0. The lowest BCUT2D eigenvalue weighted by molar-refractivity contribution is 1.21. The van der Waals surface area contributed by atoms with Gasteiger partial charge in [-0.2, -0.15) is 0 Å². The van der Waals surface area contributed by atoms with Gasteiger partial charge in [0.25, 0.3) is 0 Å². The maximum Gasteiger partial charge on any atom is 0.323 e. The molecule has 78 valence electrons. The van der Waals surface area contributed by atoms with Crippen molar-refractivity contribution < 1.29 is 0 Å². The smallest absolute Gasteiger partial charge is 0.306 e. The zero-order valence-corrected chi connectivity index (χ0v) is 8.19. The zero-order chi connectivity index (χ0) is 11.4. The standard InChI is InChI=1S/C10H7N5O/c11-15-12-5-1-2-7-3-4-8-9(6-7)14-10(16)13-8/h3-4,6H,5H2,(H2,13,14,16). The van der Waals surface area contributed by atoms with Crippen LogP contribution in [-0.2, 0) is 0 Å². The van der Waals surface area contributed by atoms with Crippen LogP contribution in [0.5, 0.6) is 0 Å². The van der Waals surface area contributed by atoms with Crippen LogP contribution in [0.1, 0.15) is 5.56 Å². The van der Waals surface area contributed by atoms with Gasteiger partial charge in [-0.1, -0.05) is 17.0 Å². The Kier molecular flexibility index (Phi) is 2.63. The number of nitrogens with zero attached hydrogens (tertiary/aromatic N) is 3. The molecule has 0 spiro atoms. The van der Waals surface area contributed by atoms with E-state index in [9.17, 15) is 4.79 Å². The van der Waals surface area contributed by atoms with Gasteiger partial charge < -0.3 is 9.97 Å². The largest absolute Gasteiger partial charge is 0.323 e. The van der Waals surface area contributed by atoms with Gasteiger partial charge in [-0.25, -0.2) is 4.79 Å². The molecule has 2 N–H and O–H groups in total. The highest BCUT2D eigenvalue weighted by atomic mass is 16.1. The summed E-state index contributed by atoms with van der Waals surface area (Å²) in [5.41, 5.74) is 10.0. The van der Waals surface area contributed by atoms with E-state index >= 15 is 0 Å². The van der Waals surface area contributed by atoms with Crippen LogP contribution in [0, 0.1) is 11.8 Å². The van der Waals surface area contributed by atoms with Crippen molar-refractivity contribution in [3.8, 4) is 11.8 Å². The Morgan fingerprint density at radius 2 is 2.19 bits per heavy atom. The van der Waals surface area contributed by atoms with Crippen LogP contribution in [0.2, 0.25) is 0 Å². The Labute approximate surface area is 89.9 Å². The van der Waals surface area contributed by atoms with Gasteiger partial charge in [0.05, 0.1) is 17.6 Å². The van der Waals surface area contributed by atoms with E-state index in [1.807, 2.05) is 0 Å². The molecular formula is C10H7N5O. The van der Waals surface area contributed by atoms with E-state index in [2.05, 4.69) is 31.8 Å². The molecule has 1 heterocycles. The van der Waals surface area contributed by atoms with E-state index < -0.39 is 0 Å². The van der Waals surface area contributed by atoms with Crippen LogP contribution in [0.4, 0.5) is 0 Å². The molecule has 6 nitrogen and oxygen atoms in total. The summed E-state index contributed by atoms with van der Waals surface area (Å²) in [6.45, 7) is 0.137. The van der Waals surface area contributed by atoms with Crippen LogP contribution < -0.4 is 5.69 Å². The molecule has 2 rings (SSSR count). The lowest BCUT2D eigenvalue weighted by atomic mass is 10.2. The minimum absolute atomic E-state index is 0.137. The van der Waals surface area contributed by atoms with E-state index in [0.717, 1.165) is 11.1 Å². The molecule has 0 aliphatic heterocycles. The van der Waals surface area contributed by atoms with Gasteiger partial charge in [-0.05, 0) is 23.7 Å². The van der Waals surface area contributed by atoms with E-state index in [1.165, 1.54) is 0 Å². The van der Waals surface area contributed by atoms with Gasteiger partial charge in [0.2, 0.25) is 0 Å². The van der Waals surface area contributed by atoms with Gasteiger partial charge in [0.15, 0.2) is 0 Å². The molecule has 16 heavy (non-hydrogen) atoms. The Morgan fingerprint density at radius 3 is 3.00 bits per heavy atom. The quantitative estimate of drug-likeness (QED) is 0.319. The van der Waals surface area contributed by atoms with Gasteiger partial charge in [0, 0.05) is 10.5 Å². The average molecular weight is 213 g/mol. The van der Waals surface area contributed by atoms with Crippen molar-refractivity contribution >= 4 is 11.0 Å². The number of aromatic nitrogens is 2. The van der Waals surface area contributed by atoms with Crippen molar-refractivity contribution in [3.05, 3.63) is 44.7 Å². The van der Waals surface area contributed by atoms with Crippen molar-refractivity contribution in [2.75, 3.05) is 6.54 Å². The van der Waals surface area contributed by atoms with Crippen molar-refractivity contribution in [2.24, 2.45) is 5.11 Å². The minimum Gasteiger partial charge on any atom is -0.306 e. The third kappa shape index (κ3) is 2.05. The fourth-order valence-electron chi connectivity index (χ4n) is 1.32. The second-order valence-electron chi connectivity index (χ2n) is 3.03. The van der Waals surface area contributed by atoms with Crippen LogP contribution in [0.25, 0.3) is 21.5 Å². The van der Waals surface area contributed by atoms with Gasteiger partial charge in [-0.15, -0.1) is 0 Å². The number of benzene rings is 1. The molecule has 0 fully saturated rings. The van der Waals surface area contributed by atoms with Gasteiger partial charge in [-0.3, -0.25) is 0 Å². The average Bonchev–Trinajstić information content (AvgIpc) is 2.64. The first-order valence-electron chi connectivity index (χ1n) is 4.51. The SMILES string of the molecule is [N-]=[N+]=NCC#Cc1ccc2[nH]c(=O)[nH]c2c1. The number of hydrogen-bond acceptors (Lipinski definition) is 2. The van der Waals surface area contributed by atoms with Crippen molar-refractivity contribution in [2.45, 2.75) is 0 Å². The first-order valence-corrected chi connectivity index (χ1v) is 4.51. The fourth-order valence-corrected chi connectivity index (χ4v) is 1.32. The maximum absolute atomic E-state index is 11.0. The van der Waals surface area contributed by atoms with E-state index in [0.29, 0.717) is 5.52 Å². The third-order valence-electron chi connectivity index (χ3n) is 1.96. The molecule has 0 saturated carbocycles. The predicted molar refractivity (Wildman–Crippen MR) is 59.8 cm³/mol.